The Kier molecular flexibility index (Phi) is 4.18. The van der Waals surface area contributed by atoms with Crippen molar-refractivity contribution in [1.82, 2.24) is 14.4 Å². The summed E-state index contributed by atoms with van der Waals surface area (Å²) in [5.74, 6) is 0.205. The first-order valence-corrected chi connectivity index (χ1v) is 7.67. The number of nitrogens with one attached hydrogen (secondary N) is 1. The summed E-state index contributed by atoms with van der Waals surface area (Å²) in [5, 5.41) is 12.6. The van der Waals surface area contributed by atoms with Crippen molar-refractivity contribution in [1.29, 1.82) is 0 Å². The van der Waals surface area contributed by atoms with Crippen molar-refractivity contribution in [2.75, 3.05) is 11.1 Å². The van der Waals surface area contributed by atoms with Crippen molar-refractivity contribution in [3.05, 3.63) is 42.2 Å². The molecule has 0 bridgehead atoms. The first kappa shape index (κ1) is 15.3. The van der Waals surface area contributed by atoms with Crippen LogP contribution in [0.5, 0.6) is 0 Å². The van der Waals surface area contributed by atoms with Crippen LogP contribution in [0.25, 0.3) is 5.65 Å². The maximum atomic E-state index is 11.0. The fraction of sp³-hybridized carbons (Fsp3) is 0.133. The Labute approximate surface area is 136 Å². The van der Waals surface area contributed by atoms with E-state index in [0.29, 0.717) is 22.3 Å². The lowest BCUT2D eigenvalue weighted by Crippen LogP contribution is -2.05. The fourth-order valence-electron chi connectivity index (χ4n) is 2.10. The number of fused-ring (bicyclic) bond motifs is 1. The predicted molar refractivity (Wildman–Crippen MR) is 88.2 cm³/mol. The summed E-state index contributed by atoms with van der Waals surface area (Å²) in [7, 11) is 0. The molecule has 3 rings (SSSR count). The van der Waals surface area contributed by atoms with Gasteiger partial charge in [-0.15, -0.1) is 0 Å². The van der Waals surface area contributed by atoms with Crippen LogP contribution in [0.4, 0.5) is 11.6 Å². The molecule has 0 spiro atoms. The molecular formula is C15H15N5O2S. The number of hydrogen-bond acceptors (Lipinski definition) is 6. The second kappa shape index (κ2) is 6.27. The molecule has 0 atom stereocenters. The van der Waals surface area contributed by atoms with Crippen LogP contribution in [0.1, 0.15) is 12.6 Å². The third kappa shape index (κ3) is 3.43. The molecule has 0 fully saturated rings. The van der Waals surface area contributed by atoms with E-state index in [1.807, 2.05) is 30.3 Å². The van der Waals surface area contributed by atoms with Crippen LogP contribution in [0.15, 0.2) is 46.5 Å². The summed E-state index contributed by atoms with van der Waals surface area (Å²) >= 11 is 1.44. The van der Waals surface area contributed by atoms with Crippen molar-refractivity contribution in [3.8, 4) is 0 Å². The third-order valence-electron chi connectivity index (χ3n) is 3.07. The molecule has 0 aliphatic rings. The lowest BCUT2D eigenvalue weighted by atomic mass is 10.3. The largest absolute Gasteiger partial charge is 0.390 e. The van der Waals surface area contributed by atoms with Gasteiger partial charge in [0, 0.05) is 29.8 Å². The zero-order valence-corrected chi connectivity index (χ0v) is 13.2. The molecule has 0 saturated carbocycles. The van der Waals surface area contributed by atoms with E-state index < -0.39 is 0 Å². The van der Waals surface area contributed by atoms with Crippen molar-refractivity contribution >= 4 is 35.0 Å². The highest BCUT2D eigenvalue weighted by Gasteiger charge is 2.08. The molecule has 118 valence electrons. The zero-order chi connectivity index (χ0) is 16.4. The Balaban J connectivity index is 1.84. The predicted octanol–water partition coefficient (Wildman–Crippen LogP) is 1.91. The highest BCUT2D eigenvalue weighted by Crippen LogP contribution is 2.28. The standard InChI is InChI=1S/C15H15N5O2S/c1-9(22)17-10-2-4-12(5-3-10)23-14-6-13-18-11(8-21)7-20(13)15(16)19-14/h2-7,21H,8H2,1H3,(H2,16,19)(H,17,22). The van der Waals surface area contributed by atoms with Gasteiger partial charge in [-0.1, -0.05) is 11.8 Å². The first-order valence-electron chi connectivity index (χ1n) is 6.86. The quantitative estimate of drug-likeness (QED) is 0.632. The summed E-state index contributed by atoms with van der Waals surface area (Å²) in [6.45, 7) is 1.32. The van der Waals surface area contributed by atoms with Crippen LogP contribution in [-0.2, 0) is 11.4 Å². The molecule has 1 aromatic carbocycles. The maximum absolute atomic E-state index is 11.0. The number of carbonyl (C=O) groups is 1. The molecule has 2 heterocycles. The molecule has 0 radical (unpaired) electrons. The SMILES string of the molecule is CC(=O)Nc1ccc(Sc2cc3nc(CO)cn3c(N)n2)cc1. The molecule has 0 aliphatic carbocycles. The smallest absolute Gasteiger partial charge is 0.221 e. The van der Waals surface area contributed by atoms with Gasteiger partial charge in [0.25, 0.3) is 0 Å². The number of rotatable bonds is 4. The number of nitrogens with zero attached hydrogens (tertiary/aromatic N) is 3. The Bertz CT molecular complexity index is 860. The summed E-state index contributed by atoms with van der Waals surface area (Å²) in [4.78, 5) is 20.6. The molecule has 0 unspecified atom stereocenters. The van der Waals surface area contributed by atoms with E-state index in [4.69, 9.17) is 10.8 Å². The zero-order valence-electron chi connectivity index (χ0n) is 12.4. The number of aliphatic hydroxyl groups is 1. The Hall–Kier alpha value is -2.58. The number of aromatic nitrogens is 3. The Morgan fingerprint density at radius 3 is 2.74 bits per heavy atom. The number of hydrogen-bond donors (Lipinski definition) is 3. The van der Waals surface area contributed by atoms with Crippen LogP contribution in [-0.4, -0.2) is 25.4 Å². The summed E-state index contributed by atoms with van der Waals surface area (Å²) in [6.07, 6.45) is 1.66. The van der Waals surface area contributed by atoms with Gasteiger partial charge in [0.2, 0.25) is 11.9 Å². The minimum absolute atomic E-state index is 0.107. The number of anilines is 2. The average molecular weight is 329 g/mol. The molecule has 23 heavy (non-hydrogen) atoms. The van der Waals surface area contributed by atoms with E-state index in [1.54, 1.807) is 10.6 Å². The van der Waals surface area contributed by atoms with Gasteiger partial charge in [-0.3, -0.25) is 9.20 Å². The highest BCUT2D eigenvalue weighted by molar-refractivity contribution is 7.99. The second-order valence-corrected chi connectivity index (χ2v) is 5.97. The van der Waals surface area contributed by atoms with Gasteiger partial charge in [0.05, 0.1) is 12.3 Å². The van der Waals surface area contributed by atoms with Gasteiger partial charge in [-0.05, 0) is 24.3 Å². The van der Waals surface area contributed by atoms with E-state index >= 15 is 0 Å². The van der Waals surface area contributed by atoms with Crippen molar-refractivity contribution in [2.24, 2.45) is 0 Å². The van der Waals surface area contributed by atoms with Crippen LogP contribution < -0.4 is 11.1 Å². The lowest BCUT2D eigenvalue weighted by Gasteiger charge is -2.06. The number of benzene rings is 1. The van der Waals surface area contributed by atoms with E-state index in [0.717, 1.165) is 10.6 Å². The van der Waals surface area contributed by atoms with E-state index in [1.165, 1.54) is 18.7 Å². The molecule has 1 amide bonds. The number of nitrogen functional groups attached to an aromatic ring is 1. The van der Waals surface area contributed by atoms with Gasteiger partial charge in [-0.2, -0.15) is 0 Å². The first-order chi connectivity index (χ1) is 11.0. The minimum atomic E-state index is -0.145. The maximum Gasteiger partial charge on any atom is 0.221 e. The summed E-state index contributed by atoms with van der Waals surface area (Å²) in [6, 6.07) is 9.24. The molecule has 0 aliphatic heterocycles. The second-order valence-electron chi connectivity index (χ2n) is 4.88. The topological polar surface area (TPSA) is 106 Å². The van der Waals surface area contributed by atoms with Crippen molar-refractivity contribution in [3.63, 3.8) is 0 Å². The molecular weight excluding hydrogens is 314 g/mol. The molecule has 4 N–H and O–H groups in total. The van der Waals surface area contributed by atoms with E-state index in [9.17, 15) is 4.79 Å². The van der Waals surface area contributed by atoms with Crippen LogP contribution in [0.2, 0.25) is 0 Å². The average Bonchev–Trinajstić information content (AvgIpc) is 2.92. The number of aliphatic hydroxyl groups excluding tert-OH is 1. The molecule has 8 heteroatoms. The van der Waals surface area contributed by atoms with E-state index in [-0.39, 0.29) is 12.5 Å². The third-order valence-corrected chi connectivity index (χ3v) is 3.99. The number of amides is 1. The number of imidazole rings is 1. The van der Waals surface area contributed by atoms with Gasteiger partial charge < -0.3 is 16.2 Å². The molecule has 2 aromatic heterocycles. The summed E-state index contributed by atoms with van der Waals surface area (Å²) < 4.78 is 1.63. The Morgan fingerprint density at radius 1 is 1.35 bits per heavy atom. The monoisotopic (exact) mass is 329 g/mol. The van der Waals surface area contributed by atoms with Crippen LogP contribution in [0, 0.1) is 0 Å². The minimum Gasteiger partial charge on any atom is -0.390 e. The van der Waals surface area contributed by atoms with E-state index in [2.05, 4.69) is 15.3 Å². The lowest BCUT2D eigenvalue weighted by molar-refractivity contribution is -0.114. The van der Waals surface area contributed by atoms with Crippen molar-refractivity contribution < 1.29 is 9.90 Å². The number of nitrogens with two attached hydrogens (primary N) is 1. The van der Waals surface area contributed by atoms with Crippen LogP contribution in [0.3, 0.4) is 0 Å². The Morgan fingerprint density at radius 2 is 2.09 bits per heavy atom. The normalized spacial score (nSPS) is 10.9. The molecule has 0 saturated heterocycles. The fourth-order valence-corrected chi connectivity index (χ4v) is 2.92. The molecule has 3 aromatic rings. The highest BCUT2D eigenvalue weighted by atomic mass is 32.2. The number of carbonyl (C=O) groups excluding carboxylic acids is 1. The molecule has 7 nitrogen and oxygen atoms in total. The van der Waals surface area contributed by atoms with Crippen LogP contribution >= 0.6 is 11.8 Å². The summed E-state index contributed by atoms with van der Waals surface area (Å²) in [5.41, 5.74) is 7.85. The van der Waals surface area contributed by atoms with Gasteiger partial charge in [-0.25, -0.2) is 9.97 Å². The van der Waals surface area contributed by atoms with Gasteiger partial charge >= 0.3 is 0 Å². The van der Waals surface area contributed by atoms with Crippen molar-refractivity contribution in [2.45, 2.75) is 23.5 Å². The van der Waals surface area contributed by atoms with Gasteiger partial charge in [0.1, 0.15) is 10.7 Å². The van der Waals surface area contributed by atoms with Gasteiger partial charge in [0.15, 0.2) is 0 Å².